The number of hydrogen-bond donors (Lipinski definition) is 2. The summed E-state index contributed by atoms with van der Waals surface area (Å²) in [6.45, 7) is 3.47. The van der Waals surface area contributed by atoms with Crippen molar-refractivity contribution >= 4 is 0 Å². The largest absolute Gasteiger partial charge is 0.391 e. The third kappa shape index (κ3) is 1.73. The number of nitrogens with one attached hydrogen (secondary N) is 1. The Balaban J connectivity index is 2.31. The predicted molar refractivity (Wildman–Crippen MR) is 40.4 cm³/mol. The fraction of sp³-hybridized carbons (Fsp3) is 0.750. The van der Waals surface area contributed by atoms with E-state index in [4.69, 9.17) is 0 Å². The summed E-state index contributed by atoms with van der Waals surface area (Å²) in [6.07, 6.45) is 0.644. The smallest absolute Gasteiger partial charge is 0.0713 e. The van der Waals surface area contributed by atoms with Crippen LogP contribution in [0.3, 0.4) is 0 Å². The molecule has 1 saturated heterocycles. The minimum atomic E-state index is -0.180. The van der Waals surface area contributed by atoms with Gasteiger partial charge in [-0.05, 0) is 6.92 Å². The molecule has 10 heavy (non-hydrogen) atoms. The van der Waals surface area contributed by atoms with E-state index in [9.17, 15) is 5.11 Å². The third-order valence-electron chi connectivity index (χ3n) is 1.85. The molecule has 2 heteroatoms. The van der Waals surface area contributed by atoms with Crippen LogP contribution in [0.5, 0.6) is 0 Å². The van der Waals surface area contributed by atoms with E-state index in [1.807, 2.05) is 6.92 Å². The van der Waals surface area contributed by atoms with Gasteiger partial charge in [0.15, 0.2) is 0 Å². The van der Waals surface area contributed by atoms with E-state index in [1.165, 1.54) is 0 Å². The fourth-order valence-electron chi connectivity index (χ4n) is 1.16. The standard InChI is InChI=1S/C8H13NO/c1-2-3-4-7-5-9-6-8(7)10/h7-10H,4-6H2,1H3/t7-,8-/m1/s1. The Morgan fingerprint density at radius 1 is 1.60 bits per heavy atom. The maximum Gasteiger partial charge on any atom is 0.0713 e. The fourth-order valence-corrected chi connectivity index (χ4v) is 1.16. The summed E-state index contributed by atoms with van der Waals surface area (Å²) in [4.78, 5) is 0. The molecule has 56 valence electrons. The van der Waals surface area contributed by atoms with Crippen molar-refractivity contribution in [3.8, 4) is 11.8 Å². The first-order chi connectivity index (χ1) is 4.84. The van der Waals surface area contributed by atoms with Crippen LogP contribution in [0.4, 0.5) is 0 Å². The second-order valence-electron chi connectivity index (χ2n) is 2.62. The number of rotatable bonds is 1. The van der Waals surface area contributed by atoms with Gasteiger partial charge in [0, 0.05) is 25.4 Å². The molecular weight excluding hydrogens is 126 g/mol. The maximum atomic E-state index is 9.29. The number of β-amino-alcohol motifs (C(OH)–C–C–N with tert-alkyl or cyclic N) is 1. The topological polar surface area (TPSA) is 32.3 Å². The van der Waals surface area contributed by atoms with Crippen molar-refractivity contribution in [2.24, 2.45) is 5.92 Å². The molecule has 1 rings (SSSR count). The Bertz CT molecular complexity index is 156. The highest BCUT2D eigenvalue weighted by atomic mass is 16.3. The van der Waals surface area contributed by atoms with Gasteiger partial charge < -0.3 is 10.4 Å². The summed E-state index contributed by atoms with van der Waals surface area (Å²) >= 11 is 0. The lowest BCUT2D eigenvalue weighted by atomic mass is 10.0. The Morgan fingerprint density at radius 2 is 2.40 bits per heavy atom. The van der Waals surface area contributed by atoms with Crippen molar-refractivity contribution in [1.29, 1.82) is 0 Å². The van der Waals surface area contributed by atoms with Crippen LogP contribution in [0, 0.1) is 17.8 Å². The molecule has 0 unspecified atom stereocenters. The summed E-state index contributed by atoms with van der Waals surface area (Å²) < 4.78 is 0. The second kappa shape index (κ2) is 3.60. The second-order valence-corrected chi connectivity index (χ2v) is 2.62. The molecule has 0 saturated carbocycles. The van der Waals surface area contributed by atoms with Gasteiger partial charge in [-0.25, -0.2) is 0 Å². The zero-order valence-corrected chi connectivity index (χ0v) is 6.22. The summed E-state index contributed by atoms with van der Waals surface area (Å²) in [6, 6.07) is 0. The molecule has 0 aromatic rings. The lowest BCUT2D eigenvalue weighted by Gasteiger charge is -2.07. The monoisotopic (exact) mass is 139 g/mol. The highest BCUT2D eigenvalue weighted by molar-refractivity contribution is 4.99. The summed E-state index contributed by atoms with van der Waals surface area (Å²) in [5.74, 6) is 6.15. The van der Waals surface area contributed by atoms with Gasteiger partial charge in [0.1, 0.15) is 0 Å². The molecule has 2 nitrogen and oxygen atoms in total. The predicted octanol–water partition coefficient (Wildman–Crippen LogP) is -0.0199. The number of aliphatic hydroxyl groups excluding tert-OH is 1. The average molecular weight is 139 g/mol. The van der Waals surface area contributed by atoms with E-state index in [1.54, 1.807) is 0 Å². The minimum Gasteiger partial charge on any atom is -0.391 e. The van der Waals surface area contributed by atoms with Gasteiger partial charge in [-0.1, -0.05) is 0 Å². The van der Waals surface area contributed by atoms with Crippen LogP contribution in [0.2, 0.25) is 0 Å². The van der Waals surface area contributed by atoms with Gasteiger partial charge >= 0.3 is 0 Å². The molecular formula is C8H13NO. The minimum absolute atomic E-state index is 0.180. The first-order valence-electron chi connectivity index (χ1n) is 3.63. The van der Waals surface area contributed by atoms with Crippen molar-refractivity contribution in [3.05, 3.63) is 0 Å². The quantitative estimate of drug-likeness (QED) is 0.500. The zero-order valence-electron chi connectivity index (χ0n) is 6.22. The van der Waals surface area contributed by atoms with Crippen LogP contribution in [0.1, 0.15) is 13.3 Å². The van der Waals surface area contributed by atoms with Gasteiger partial charge in [0.05, 0.1) is 6.10 Å². The Kier molecular flexibility index (Phi) is 2.73. The molecule has 0 bridgehead atoms. The Hall–Kier alpha value is -0.520. The lowest BCUT2D eigenvalue weighted by Crippen LogP contribution is -2.16. The molecule has 1 aliphatic rings. The highest BCUT2D eigenvalue weighted by Crippen LogP contribution is 2.11. The van der Waals surface area contributed by atoms with Gasteiger partial charge in [-0.3, -0.25) is 0 Å². The van der Waals surface area contributed by atoms with Gasteiger partial charge in [0.25, 0.3) is 0 Å². The molecule has 2 N–H and O–H groups in total. The van der Waals surface area contributed by atoms with E-state index < -0.39 is 0 Å². The molecule has 0 radical (unpaired) electrons. The van der Waals surface area contributed by atoms with Crippen molar-refractivity contribution in [3.63, 3.8) is 0 Å². The lowest BCUT2D eigenvalue weighted by molar-refractivity contribution is 0.150. The SMILES string of the molecule is CC#CC[C@@H]1CNC[C@H]1O. The van der Waals surface area contributed by atoms with Crippen LogP contribution < -0.4 is 5.32 Å². The van der Waals surface area contributed by atoms with Crippen molar-refractivity contribution in [2.75, 3.05) is 13.1 Å². The number of aliphatic hydroxyl groups is 1. The van der Waals surface area contributed by atoms with Crippen LogP contribution in [0.15, 0.2) is 0 Å². The van der Waals surface area contributed by atoms with E-state index in [0.29, 0.717) is 5.92 Å². The van der Waals surface area contributed by atoms with E-state index >= 15 is 0 Å². The van der Waals surface area contributed by atoms with Gasteiger partial charge in [-0.2, -0.15) is 0 Å². The van der Waals surface area contributed by atoms with Crippen LogP contribution >= 0.6 is 0 Å². The Labute approximate surface area is 61.6 Å². The number of hydrogen-bond acceptors (Lipinski definition) is 2. The normalized spacial score (nSPS) is 31.4. The molecule has 0 aliphatic carbocycles. The molecule has 0 aromatic carbocycles. The van der Waals surface area contributed by atoms with Gasteiger partial charge in [-0.15, -0.1) is 11.8 Å². The molecule has 0 spiro atoms. The van der Waals surface area contributed by atoms with Crippen LogP contribution in [0.25, 0.3) is 0 Å². The Morgan fingerprint density at radius 3 is 2.90 bits per heavy atom. The molecule has 2 atom stereocenters. The van der Waals surface area contributed by atoms with Gasteiger partial charge in [0.2, 0.25) is 0 Å². The molecule has 1 heterocycles. The molecule has 0 amide bonds. The summed E-state index contributed by atoms with van der Waals surface area (Å²) in [7, 11) is 0. The van der Waals surface area contributed by atoms with E-state index in [0.717, 1.165) is 19.5 Å². The van der Waals surface area contributed by atoms with Crippen molar-refractivity contribution in [2.45, 2.75) is 19.4 Å². The third-order valence-corrected chi connectivity index (χ3v) is 1.85. The average Bonchev–Trinajstić information content (AvgIpc) is 2.31. The molecule has 1 aliphatic heterocycles. The van der Waals surface area contributed by atoms with E-state index in [-0.39, 0.29) is 6.10 Å². The van der Waals surface area contributed by atoms with Crippen molar-refractivity contribution in [1.82, 2.24) is 5.32 Å². The zero-order chi connectivity index (χ0) is 7.40. The summed E-state index contributed by atoms with van der Waals surface area (Å²) in [5.41, 5.74) is 0. The summed E-state index contributed by atoms with van der Waals surface area (Å²) in [5, 5.41) is 12.4. The molecule has 0 aromatic heterocycles. The van der Waals surface area contributed by atoms with Crippen LogP contribution in [-0.2, 0) is 0 Å². The highest BCUT2D eigenvalue weighted by Gasteiger charge is 2.23. The first kappa shape index (κ1) is 7.59. The van der Waals surface area contributed by atoms with Crippen molar-refractivity contribution < 1.29 is 5.11 Å². The molecule has 1 fully saturated rings. The maximum absolute atomic E-state index is 9.29. The van der Waals surface area contributed by atoms with Crippen LogP contribution in [-0.4, -0.2) is 24.3 Å². The first-order valence-corrected chi connectivity index (χ1v) is 3.63. The van der Waals surface area contributed by atoms with E-state index in [2.05, 4.69) is 17.2 Å².